The van der Waals surface area contributed by atoms with E-state index in [9.17, 15) is 9.59 Å². The quantitative estimate of drug-likeness (QED) is 0.407. The fraction of sp³-hybridized carbons (Fsp3) is 0.333. The first kappa shape index (κ1) is 21.2. The molecule has 14 heteroatoms. The average Bonchev–Trinajstić information content (AvgIpc) is 3.54. The molecule has 0 aliphatic carbocycles. The van der Waals surface area contributed by atoms with Crippen LogP contribution in [-0.2, 0) is 32.2 Å². The second-order valence-corrected chi connectivity index (χ2v) is 8.06. The van der Waals surface area contributed by atoms with Gasteiger partial charge in [0.1, 0.15) is 25.1 Å². The van der Waals surface area contributed by atoms with Gasteiger partial charge in [0.15, 0.2) is 35.1 Å². The predicted molar refractivity (Wildman–Crippen MR) is 116 cm³/mol. The van der Waals surface area contributed by atoms with Gasteiger partial charge in [-0.2, -0.15) is 0 Å². The first-order chi connectivity index (χ1) is 17.1. The van der Waals surface area contributed by atoms with Crippen molar-refractivity contribution in [3.63, 3.8) is 0 Å². The largest absolute Gasteiger partial charge is 0.455 e. The molecule has 1 saturated heterocycles. The Kier molecular flexibility index (Phi) is 5.15. The Labute approximate surface area is 197 Å². The number of nitrogens with zero attached hydrogens (tertiary/aromatic N) is 8. The van der Waals surface area contributed by atoms with Crippen LogP contribution < -0.4 is 5.32 Å². The van der Waals surface area contributed by atoms with Gasteiger partial charge in [0.2, 0.25) is 0 Å². The minimum Gasteiger partial charge on any atom is -0.455 e. The summed E-state index contributed by atoms with van der Waals surface area (Å²) >= 11 is 0. The topological polar surface area (TPSA) is 161 Å². The molecule has 0 unspecified atom stereocenters. The van der Waals surface area contributed by atoms with Crippen molar-refractivity contribution in [3.05, 3.63) is 54.4 Å². The lowest BCUT2D eigenvalue weighted by Crippen LogP contribution is -2.37. The molecule has 4 aromatic rings. The van der Waals surface area contributed by atoms with Gasteiger partial charge in [0.25, 0.3) is 5.91 Å². The molecule has 4 atom stereocenters. The number of hydrogen-bond donors (Lipinski definition) is 1. The number of amides is 1. The Morgan fingerprint density at radius 2 is 2.03 bits per heavy atom. The van der Waals surface area contributed by atoms with E-state index in [0.717, 1.165) is 0 Å². The smallest absolute Gasteiger partial charge is 0.303 e. The van der Waals surface area contributed by atoms with E-state index in [2.05, 4.69) is 35.8 Å². The van der Waals surface area contributed by atoms with Crippen LogP contribution in [0.1, 0.15) is 29.3 Å². The second kappa shape index (κ2) is 8.48. The number of benzene rings is 1. The highest BCUT2D eigenvalue weighted by Crippen LogP contribution is 2.38. The number of imidazole rings is 1. The van der Waals surface area contributed by atoms with E-state index in [1.165, 1.54) is 19.6 Å². The Morgan fingerprint density at radius 3 is 2.86 bits per heavy atom. The summed E-state index contributed by atoms with van der Waals surface area (Å²) in [5.74, 6) is -0.0124. The zero-order chi connectivity index (χ0) is 23.9. The number of anilines is 1. The first-order valence-corrected chi connectivity index (χ1v) is 10.8. The highest BCUT2D eigenvalue weighted by molar-refractivity contribution is 6.06. The van der Waals surface area contributed by atoms with E-state index in [0.29, 0.717) is 29.1 Å². The monoisotopic (exact) mass is 477 g/mol. The highest BCUT2D eigenvalue weighted by Gasteiger charge is 2.50. The van der Waals surface area contributed by atoms with E-state index < -0.39 is 30.5 Å². The van der Waals surface area contributed by atoms with Crippen molar-refractivity contribution in [2.75, 3.05) is 5.32 Å². The summed E-state index contributed by atoms with van der Waals surface area (Å²) in [5.41, 5.74) is 1.23. The van der Waals surface area contributed by atoms with Crippen molar-refractivity contribution in [2.45, 2.75) is 44.6 Å². The predicted octanol–water partition coefficient (Wildman–Crippen LogP) is 0.493. The summed E-state index contributed by atoms with van der Waals surface area (Å²) in [6.45, 7) is 1.79. The Bertz CT molecular complexity index is 1400. The summed E-state index contributed by atoms with van der Waals surface area (Å²) < 4.78 is 21.2. The fourth-order valence-corrected chi connectivity index (χ4v) is 4.31. The summed E-state index contributed by atoms with van der Waals surface area (Å²) in [6.07, 6.45) is 0.175. The molecule has 2 aliphatic heterocycles. The van der Waals surface area contributed by atoms with Crippen LogP contribution in [0.5, 0.6) is 0 Å². The molecule has 1 aromatic carbocycles. The SMILES string of the molecule is CC(=O)O[C@@H]1[C@H]2OCc3nnnn3C[C@H]2O[C@H]1n1cnc2c(NC(=O)c3ccccc3)ncnc21. The zero-order valence-electron chi connectivity index (χ0n) is 18.4. The molecule has 35 heavy (non-hydrogen) atoms. The molecule has 6 rings (SSSR count). The number of ether oxygens (including phenoxy) is 3. The first-order valence-electron chi connectivity index (χ1n) is 10.8. The van der Waals surface area contributed by atoms with Gasteiger partial charge >= 0.3 is 5.97 Å². The number of nitrogens with one attached hydrogen (secondary N) is 1. The van der Waals surface area contributed by atoms with E-state index in [1.807, 2.05) is 6.07 Å². The highest BCUT2D eigenvalue weighted by atomic mass is 16.6. The summed E-state index contributed by atoms with van der Waals surface area (Å²) in [5, 5.41) is 14.4. The van der Waals surface area contributed by atoms with Gasteiger partial charge in [-0.15, -0.1) is 5.10 Å². The van der Waals surface area contributed by atoms with Crippen LogP contribution in [0.3, 0.4) is 0 Å². The summed E-state index contributed by atoms with van der Waals surface area (Å²) in [4.78, 5) is 37.5. The van der Waals surface area contributed by atoms with Crippen molar-refractivity contribution >= 4 is 28.9 Å². The van der Waals surface area contributed by atoms with E-state index >= 15 is 0 Å². The molecule has 3 aromatic heterocycles. The number of fused-ring (bicyclic) bond motifs is 3. The molecule has 0 bridgehead atoms. The lowest BCUT2D eigenvalue weighted by atomic mass is 10.1. The number of carbonyl (C=O) groups is 2. The van der Waals surface area contributed by atoms with Crippen molar-refractivity contribution < 1.29 is 23.8 Å². The molecular formula is C21H19N9O5. The number of tetrazole rings is 1. The molecule has 0 radical (unpaired) electrons. The van der Waals surface area contributed by atoms with E-state index in [1.54, 1.807) is 33.5 Å². The molecule has 1 amide bonds. The van der Waals surface area contributed by atoms with Crippen LogP contribution >= 0.6 is 0 Å². The standard InChI is InChI=1S/C21H19N9O5/c1-11(31)34-17-16-13(7-30-14(8-33-16)26-27-28-30)35-21(17)29-10-24-15-18(22-9-23-19(15)29)25-20(32)12-5-3-2-4-6-12/h2-6,9-10,13,16-17,21H,7-8H2,1H3,(H,22,23,25,32)/t13-,16+,17-,21-/m1/s1. The number of hydrogen-bond acceptors (Lipinski definition) is 11. The van der Waals surface area contributed by atoms with Crippen LogP contribution in [0, 0.1) is 0 Å². The van der Waals surface area contributed by atoms with Gasteiger partial charge in [0, 0.05) is 12.5 Å². The third kappa shape index (κ3) is 3.77. The zero-order valence-corrected chi connectivity index (χ0v) is 18.4. The summed E-state index contributed by atoms with van der Waals surface area (Å²) in [6, 6.07) is 8.76. The van der Waals surface area contributed by atoms with Gasteiger partial charge in [-0.05, 0) is 22.6 Å². The van der Waals surface area contributed by atoms with E-state index in [-0.39, 0.29) is 18.3 Å². The summed E-state index contributed by atoms with van der Waals surface area (Å²) in [7, 11) is 0. The van der Waals surface area contributed by atoms with Crippen LogP contribution in [0.25, 0.3) is 11.2 Å². The molecular weight excluding hydrogens is 458 g/mol. The number of carbonyl (C=O) groups excluding carboxylic acids is 2. The Balaban J connectivity index is 1.33. The van der Waals surface area contributed by atoms with Crippen LogP contribution in [0.4, 0.5) is 5.82 Å². The van der Waals surface area contributed by atoms with Crippen molar-refractivity contribution in [3.8, 4) is 0 Å². The van der Waals surface area contributed by atoms with Gasteiger partial charge in [-0.25, -0.2) is 19.6 Å². The molecule has 178 valence electrons. The van der Waals surface area contributed by atoms with Crippen molar-refractivity contribution in [1.29, 1.82) is 0 Å². The minimum atomic E-state index is -0.787. The third-order valence-electron chi connectivity index (χ3n) is 5.85. The fourth-order valence-electron chi connectivity index (χ4n) is 4.31. The molecule has 1 fully saturated rings. The number of aromatic nitrogens is 8. The maximum absolute atomic E-state index is 12.7. The van der Waals surface area contributed by atoms with Gasteiger partial charge in [0.05, 0.1) is 12.9 Å². The van der Waals surface area contributed by atoms with Crippen molar-refractivity contribution in [1.82, 2.24) is 39.7 Å². The molecule has 5 heterocycles. The van der Waals surface area contributed by atoms with Gasteiger partial charge in [-0.3, -0.25) is 14.2 Å². The maximum atomic E-state index is 12.7. The van der Waals surface area contributed by atoms with Crippen molar-refractivity contribution in [2.24, 2.45) is 0 Å². The maximum Gasteiger partial charge on any atom is 0.303 e. The number of rotatable bonds is 4. The van der Waals surface area contributed by atoms with Crippen LogP contribution in [-0.4, -0.2) is 69.9 Å². The van der Waals surface area contributed by atoms with Gasteiger partial charge in [-0.1, -0.05) is 18.2 Å². The Morgan fingerprint density at radius 1 is 1.17 bits per heavy atom. The van der Waals surface area contributed by atoms with E-state index in [4.69, 9.17) is 14.2 Å². The molecule has 1 N–H and O–H groups in total. The van der Waals surface area contributed by atoms with Crippen LogP contribution in [0.15, 0.2) is 43.0 Å². The average molecular weight is 477 g/mol. The number of esters is 1. The van der Waals surface area contributed by atoms with Crippen LogP contribution in [0.2, 0.25) is 0 Å². The van der Waals surface area contributed by atoms with Gasteiger partial charge < -0.3 is 19.5 Å². The lowest BCUT2D eigenvalue weighted by Gasteiger charge is -2.23. The third-order valence-corrected chi connectivity index (χ3v) is 5.85. The lowest BCUT2D eigenvalue weighted by molar-refractivity contribution is -0.158. The second-order valence-electron chi connectivity index (χ2n) is 8.06. The minimum absolute atomic E-state index is 0.143. The molecule has 14 nitrogen and oxygen atoms in total. The molecule has 0 spiro atoms. The molecule has 2 aliphatic rings. The Hall–Kier alpha value is -4.30. The normalized spacial score (nSPS) is 23.3. The molecule has 0 saturated carbocycles.